The van der Waals surface area contributed by atoms with E-state index < -0.39 is 11.9 Å². The van der Waals surface area contributed by atoms with E-state index in [1.807, 2.05) is 6.07 Å². The minimum Gasteiger partial charge on any atom is -0.326 e. The van der Waals surface area contributed by atoms with Crippen molar-refractivity contribution in [2.45, 2.75) is 12.5 Å². The Kier molecular flexibility index (Phi) is 6.51. The van der Waals surface area contributed by atoms with Crippen molar-refractivity contribution in [2.75, 3.05) is 12.4 Å². The molecule has 1 saturated heterocycles. The van der Waals surface area contributed by atoms with E-state index in [0.29, 0.717) is 16.3 Å². The van der Waals surface area contributed by atoms with Crippen LogP contribution in [0.2, 0.25) is 5.02 Å². The molecule has 2 aromatic carbocycles. The highest BCUT2D eigenvalue weighted by Gasteiger charge is 2.42. The first kappa shape index (κ1) is 21.2. The van der Waals surface area contributed by atoms with Crippen LogP contribution in [-0.4, -0.2) is 45.8 Å². The molecule has 3 rings (SSSR count). The number of amides is 3. The molecule has 0 spiro atoms. The maximum atomic E-state index is 12.6. The van der Waals surface area contributed by atoms with E-state index >= 15 is 0 Å². The third-order valence-corrected chi connectivity index (χ3v) is 5.45. The van der Waals surface area contributed by atoms with Crippen molar-refractivity contribution in [1.82, 2.24) is 15.3 Å². The van der Waals surface area contributed by atoms with E-state index in [4.69, 9.17) is 23.8 Å². The lowest BCUT2D eigenvalue weighted by molar-refractivity contribution is -0.130. The molecule has 0 radical (unpaired) electrons. The van der Waals surface area contributed by atoms with Crippen molar-refractivity contribution in [2.24, 2.45) is 0 Å². The molecule has 1 heterocycles. The first-order chi connectivity index (χ1) is 13.8. The lowest BCUT2D eigenvalue weighted by Gasteiger charge is -2.24. The molecule has 3 amide bonds. The number of hydrogen-bond donors (Lipinski definition) is 2. The van der Waals surface area contributed by atoms with Crippen LogP contribution >= 0.6 is 39.7 Å². The van der Waals surface area contributed by atoms with Crippen LogP contribution in [0.25, 0.3) is 0 Å². The minimum atomic E-state index is -0.948. The van der Waals surface area contributed by atoms with Crippen LogP contribution in [0.4, 0.5) is 5.69 Å². The average molecular weight is 496 g/mol. The number of halogens is 2. The summed E-state index contributed by atoms with van der Waals surface area (Å²) in [4.78, 5) is 38.8. The van der Waals surface area contributed by atoms with Crippen molar-refractivity contribution in [1.29, 1.82) is 0 Å². The Labute approximate surface area is 186 Å². The van der Waals surface area contributed by atoms with Gasteiger partial charge in [0.2, 0.25) is 5.91 Å². The number of hydrazine groups is 1. The molecule has 7 nitrogen and oxygen atoms in total. The number of nitrogens with zero attached hydrogens (tertiary/aromatic N) is 2. The summed E-state index contributed by atoms with van der Waals surface area (Å²) < 4.78 is 0.810. The van der Waals surface area contributed by atoms with Gasteiger partial charge in [0.25, 0.3) is 11.8 Å². The van der Waals surface area contributed by atoms with Gasteiger partial charge in [0, 0.05) is 27.8 Å². The van der Waals surface area contributed by atoms with E-state index in [9.17, 15) is 14.4 Å². The summed E-state index contributed by atoms with van der Waals surface area (Å²) in [5, 5.41) is 4.58. The Bertz CT molecular complexity index is 986. The van der Waals surface area contributed by atoms with Crippen molar-refractivity contribution in [3.8, 4) is 0 Å². The number of rotatable bonds is 5. The Hall–Kier alpha value is -2.49. The second-order valence-electron chi connectivity index (χ2n) is 6.28. The maximum absolute atomic E-state index is 12.6. The predicted octanol–water partition coefficient (Wildman–Crippen LogP) is 3.20. The van der Waals surface area contributed by atoms with Gasteiger partial charge in [-0.1, -0.05) is 33.6 Å². The largest absolute Gasteiger partial charge is 0.326 e. The van der Waals surface area contributed by atoms with E-state index in [1.165, 1.54) is 17.0 Å². The highest BCUT2D eigenvalue weighted by molar-refractivity contribution is 9.10. The van der Waals surface area contributed by atoms with Gasteiger partial charge in [-0.25, -0.2) is 5.01 Å². The number of thiocarbonyl (C=S) groups is 1. The summed E-state index contributed by atoms with van der Waals surface area (Å²) in [7, 11) is 1.50. The molecule has 1 fully saturated rings. The predicted molar refractivity (Wildman–Crippen MR) is 117 cm³/mol. The molecule has 0 bridgehead atoms. The van der Waals surface area contributed by atoms with Crippen LogP contribution in [0, 0.1) is 0 Å². The molecule has 1 aliphatic heterocycles. The van der Waals surface area contributed by atoms with E-state index in [1.54, 1.807) is 42.5 Å². The van der Waals surface area contributed by atoms with Crippen LogP contribution in [0.5, 0.6) is 0 Å². The van der Waals surface area contributed by atoms with E-state index in [2.05, 4.69) is 26.7 Å². The molecule has 10 heteroatoms. The Morgan fingerprint density at radius 1 is 1.21 bits per heavy atom. The lowest BCUT2D eigenvalue weighted by atomic mass is 10.2. The van der Waals surface area contributed by atoms with Gasteiger partial charge < -0.3 is 5.32 Å². The molecule has 0 aromatic heterocycles. The maximum Gasteiger partial charge on any atom is 0.269 e. The first-order valence-electron chi connectivity index (χ1n) is 8.49. The normalized spacial score (nSPS) is 16.2. The van der Waals surface area contributed by atoms with Crippen LogP contribution in [0.3, 0.4) is 0 Å². The van der Waals surface area contributed by atoms with Gasteiger partial charge in [0.05, 0.1) is 6.42 Å². The minimum absolute atomic E-state index is 0.109. The van der Waals surface area contributed by atoms with Crippen molar-refractivity contribution < 1.29 is 14.4 Å². The molecule has 1 unspecified atom stereocenters. The van der Waals surface area contributed by atoms with Crippen molar-refractivity contribution in [3.63, 3.8) is 0 Å². The molecule has 1 aliphatic rings. The SMILES string of the molecule is CN1C(=O)C(CC(=O)Nc2cccc(Br)c2)N(NC(=O)c2ccc(Cl)cc2)C1=S. The highest BCUT2D eigenvalue weighted by Crippen LogP contribution is 2.20. The Balaban J connectivity index is 1.73. The second-order valence-corrected chi connectivity index (χ2v) is 7.99. The molecular weight excluding hydrogens is 480 g/mol. The van der Waals surface area contributed by atoms with Gasteiger partial charge in [0.1, 0.15) is 6.04 Å². The molecule has 29 heavy (non-hydrogen) atoms. The zero-order valence-corrected chi connectivity index (χ0v) is 18.3. The average Bonchev–Trinajstić information content (AvgIpc) is 2.87. The summed E-state index contributed by atoms with van der Waals surface area (Å²) in [6.07, 6.45) is -0.184. The number of carbonyl (C=O) groups is 3. The molecule has 2 aromatic rings. The van der Waals surface area contributed by atoms with Gasteiger partial charge >= 0.3 is 0 Å². The monoisotopic (exact) mass is 494 g/mol. The lowest BCUT2D eigenvalue weighted by Crippen LogP contribution is -2.49. The topological polar surface area (TPSA) is 81.8 Å². The number of anilines is 1. The summed E-state index contributed by atoms with van der Waals surface area (Å²) in [6.45, 7) is 0. The molecular formula is C19H16BrClN4O3S. The van der Waals surface area contributed by atoms with Gasteiger partial charge in [-0.05, 0) is 54.7 Å². The standard InChI is InChI=1S/C19H16BrClN4O3S/c1-24-18(28)15(10-16(26)22-14-4-2-3-12(20)9-14)25(19(24)29)23-17(27)11-5-7-13(21)8-6-11/h2-9,15H,10H2,1H3,(H,22,26)(H,23,27). The summed E-state index contributed by atoms with van der Waals surface area (Å²) >= 11 is 14.4. The van der Waals surface area contributed by atoms with Gasteiger partial charge in [-0.15, -0.1) is 0 Å². The van der Waals surface area contributed by atoms with E-state index in [-0.39, 0.29) is 23.3 Å². The summed E-state index contributed by atoms with van der Waals surface area (Å²) in [6, 6.07) is 12.4. The first-order valence-corrected chi connectivity index (χ1v) is 10.1. The Morgan fingerprint density at radius 3 is 2.55 bits per heavy atom. The zero-order valence-electron chi connectivity index (χ0n) is 15.2. The smallest absolute Gasteiger partial charge is 0.269 e. The fraction of sp³-hybridized carbons (Fsp3) is 0.158. The van der Waals surface area contributed by atoms with Gasteiger partial charge in [-0.3, -0.25) is 24.7 Å². The number of benzene rings is 2. The molecule has 2 N–H and O–H groups in total. The van der Waals surface area contributed by atoms with Gasteiger partial charge in [0.15, 0.2) is 5.11 Å². The number of carbonyl (C=O) groups excluding carboxylic acids is 3. The quantitative estimate of drug-likeness (QED) is 0.623. The zero-order chi connectivity index (χ0) is 21.1. The van der Waals surface area contributed by atoms with Crippen LogP contribution < -0.4 is 10.7 Å². The fourth-order valence-electron chi connectivity index (χ4n) is 2.76. The summed E-state index contributed by atoms with van der Waals surface area (Å²) in [5.74, 6) is -1.23. The van der Waals surface area contributed by atoms with Crippen molar-refractivity contribution >= 4 is 68.3 Å². The van der Waals surface area contributed by atoms with Gasteiger partial charge in [-0.2, -0.15) is 0 Å². The van der Waals surface area contributed by atoms with Crippen LogP contribution in [0.15, 0.2) is 53.0 Å². The second kappa shape index (κ2) is 8.89. The number of likely N-dealkylation sites (N-methyl/N-ethyl adjacent to an activating group) is 1. The third kappa shape index (κ3) is 4.92. The highest BCUT2D eigenvalue weighted by atomic mass is 79.9. The third-order valence-electron chi connectivity index (χ3n) is 4.24. The fourth-order valence-corrected chi connectivity index (χ4v) is 3.54. The Morgan fingerprint density at radius 2 is 1.90 bits per heavy atom. The van der Waals surface area contributed by atoms with Crippen LogP contribution in [-0.2, 0) is 9.59 Å². The van der Waals surface area contributed by atoms with Crippen LogP contribution in [0.1, 0.15) is 16.8 Å². The molecule has 0 saturated carbocycles. The summed E-state index contributed by atoms with van der Waals surface area (Å²) in [5.41, 5.74) is 3.54. The number of hydrogen-bond acceptors (Lipinski definition) is 4. The number of nitrogens with one attached hydrogen (secondary N) is 2. The molecule has 0 aliphatic carbocycles. The molecule has 150 valence electrons. The van der Waals surface area contributed by atoms with Crippen molar-refractivity contribution in [3.05, 3.63) is 63.6 Å². The van der Waals surface area contributed by atoms with E-state index in [0.717, 1.165) is 4.47 Å². The molecule has 1 atom stereocenters.